The maximum absolute atomic E-state index is 13.1. The first-order chi connectivity index (χ1) is 11.2. The van der Waals surface area contributed by atoms with Gasteiger partial charge in [-0.2, -0.15) is 4.31 Å². The van der Waals surface area contributed by atoms with Gasteiger partial charge in [-0.1, -0.05) is 6.08 Å². The van der Waals surface area contributed by atoms with Crippen LogP contribution in [0.15, 0.2) is 35.7 Å². The molecule has 0 amide bonds. The van der Waals surface area contributed by atoms with E-state index in [1.54, 1.807) is 6.07 Å². The van der Waals surface area contributed by atoms with Gasteiger partial charge in [-0.25, -0.2) is 16.8 Å². The zero-order valence-corrected chi connectivity index (χ0v) is 15.3. The second kappa shape index (κ2) is 7.12. The average Bonchev–Trinajstić information content (AvgIpc) is 2.91. The lowest BCUT2D eigenvalue weighted by Gasteiger charge is -2.27. The van der Waals surface area contributed by atoms with Crippen LogP contribution in [0.25, 0.3) is 0 Å². The van der Waals surface area contributed by atoms with Crippen molar-refractivity contribution in [2.45, 2.75) is 17.4 Å². The fourth-order valence-corrected chi connectivity index (χ4v) is 6.31. The van der Waals surface area contributed by atoms with Crippen LogP contribution in [0.5, 0.6) is 11.5 Å². The van der Waals surface area contributed by atoms with E-state index < -0.39 is 25.9 Å². The molecule has 1 aromatic carbocycles. The molecule has 9 heteroatoms. The summed E-state index contributed by atoms with van der Waals surface area (Å²) in [6.07, 6.45) is 1.71. The second-order valence-corrected chi connectivity index (χ2v) is 9.52. The van der Waals surface area contributed by atoms with Crippen LogP contribution in [0.3, 0.4) is 0 Å². The van der Waals surface area contributed by atoms with Crippen LogP contribution in [0.4, 0.5) is 0 Å². The van der Waals surface area contributed by atoms with Gasteiger partial charge in [0.25, 0.3) is 0 Å². The van der Waals surface area contributed by atoms with Gasteiger partial charge in [0, 0.05) is 18.7 Å². The molecule has 0 bridgehead atoms. The topological polar surface area (TPSA) is 90.0 Å². The normalized spacial score (nSPS) is 20.0. The standard InChI is InChI=1S/C15H21NO6S2/c1-4-8-16(12-7-9-23(17,18)11-12)24(19,20)15-10-13(21-2)5-6-14(15)22-3/h4-6,10,12H,1,7-9,11H2,2-3H3/t12-/m0/s1. The lowest BCUT2D eigenvalue weighted by atomic mass is 10.2. The molecule has 0 N–H and O–H groups in total. The predicted molar refractivity (Wildman–Crippen MR) is 90.7 cm³/mol. The van der Waals surface area contributed by atoms with Crippen LogP contribution in [0.1, 0.15) is 6.42 Å². The first kappa shape index (κ1) is 18.8. The van der Waals surface area contributed by atoms with E-state index in [1.807, 2.05) is 0 Å². The molecule has 134 valence electrons. The van der Waals surface area contributed by atoms with Crippen molar-refractivity contribution in [1.82, 2.24) is 4.31 Å². The van der Waals surface area contributed by atoms with Crippen molar-refractivity contribution >= 4 is 19.9 Å². The lowest BCUT2D eigenvalue weighted by molar-refractivity contribution is 0.358. The van der Waals surface area contributed by atoms with E-state index in [0.717, 1.165) is 0 Å². The number of ether oxygens (including phenoxy) is 2. The van der Waals surface area contributed by atoms with Gasteiger partial charge in [0.05, 0.1) is 25.7 Å². The zero-order chi connectivity index (χ0) is 18.0. The number of sulfonamides is 1. The third-order valence-electron chi connectivity index (χ3n) is 3.88. The van der Waals surface area contributed by atoms with E-state index >= 15 is 0 Å². The van der Waals surface area contributed by atoms with Crippen molar-refractivity contribution in [2.24, 2.45) is 0 Å². The van der Waals surface area contributed by atoms with Crippen LogP contribution in [0, 0.1) is 0 Å². The molecule has 1 aliphatic heterocycles. The summed E-state index contributed by atoms with van der Waals surface area (Å²) in [5.41, 5.74) is 0. The average molecular weight is 375 g/mol. The van der Waals surface area contributed by atoms with Crippen LogP contribution in [-0.4, -0.2) is 59.5 Å². The predicted octanol–water partition coefficient (Wildman–Crippen LogP) is 1.07. The summed E-state index contributed by atoms with van der Waals surface area (Å²) in [6.45, 7) is 3.60. The molecule has 0 saturated carbocycles. The molecular weight excluding hydrogens is 354 g/mol. The molecule has 0 unspecified atom stereocenters. The summed E-state index contributed by atoms with van der Waals surface area (Å²) in [5.74, 6) is 0.334. The first-order valence-electron chi connectivity index (χ1n) is 7.30. The minimum atomic E-state index is -3.98. The highest BCUT2D eigenvalue weighted by molar-refractivity contribution is 7.92. The molecule has 1 fully saturated rings. The molecule has 2 rings (SSSR count). The summed E-state index contributed by atoms with van der Waals surface area (Å²) in [7, 11) is -4.40. The molecule has 0 spiro atoms. The van der Waals surface area contributed by atoms with E-state index in [0.29, 0.717) is 5.75 Å². The molecule has 1 aliphatic rings. The Bertz CT molecular complexity index is 816. The van der Waals surface area contributed by atoms with Gasteiger partial charge in [0.1, 0.15) is 16.4 Å². The van der Waals surface area contributed by atoms with Crippen LogP contribution in [0.2, 0.25) is 0 Å². The smallest absolute Gasteiger partial charge is 0.247 e. The summed E-state index contributed by atoms with van der Waals surface area (Å²) in [4.78, 5) is -0.0597. The van der Waals surface area contributed by atoms with Crippen molar-refractivity contribution in [3.63, 3.8) is 0 Å². The minimum Gasteiger partial charge on any atom is -0.497 e. The van der Waals surface area contributed by atoms with Crippen molar-refractivity contribution in [2.75, 3.05) is 32.3 Å². The Morgan fingerprint density at radius 3 is 2.54 bits per heavy atom. The Hall–Kier alpha value is -1.58. The molecule has 0 aliphatic carbocycles. The lowest BCUT2D eigenvalue weighted by Crippen LogP contribution is -2.41. The van der Waals surface area contributed by atoms with Crippen LogP contribution in [-0.2, 0) is 19.9 Å². The van der Waals surface area contributed by atoms with Gasteiger partial charge in [-0.05, 0) is 18.6 Å². The largest absolute Gasteiger partial charge is 0.497 e. The fraction of sp³-hybridized carbons (Fsp3) is 0.467. The molecule has 24 heavy (non-hydrogen) atoms. The van der Waals surface area contributed by atoms with Crippen molar-refractivity contribution in [3.8, 4) is 11.5 Å². The number of benzene rings is 1. The Labute approximate surface area is 142 Å². The third kappa shape index (κ3) is 3.73. The van der Waals surface area contributed by atoms with E-state index in [2.05, 4.69) is 6.58 Å². The number of nitrogens with zero attached hydrogens (tertiary/aromatic N) is 1. The third-order valence-corrected chi connectivity index (χ3v) is 7.57. The molecule has 1 aromatic rings. The summed E-state index contributed by atoms with van der Waals surface area (Å²) in [5, 5.41) is 0. The van der Waals surface area contributed by atoms with Gasteiger partial charge in [0.15, 0.2) is 9.84 Å². The van der Waals surface area contributed by atoms with Gasteiger partial charge in [-0.3, -0.25) is 0 Å². The first-order valence-corrected chi connectivity index (χ1v) is 10.6. The van der Waals surface area contributed by atoms with E-state index in [4.69, 9.17) is 9.47 Å². The number of rotatable bonds is 7. The number of hydrogen-bond donors (Lipinski definition) is 0. The van der Waals surface area contributed by atoms with Gasteiger partial charge in [-0.15, -0.1) is 6.58 Å². The summed E-state index contributed by atoms with van der Waals surface area (Å²) in [6, 6.07) is 3.85. The SMILES string of the molecule is C=CCN([C@H]1CCS(=O)(=O)C1)S(=O)(=O)c1cc(OC)ccc1OC. The van der Waals surface area contributed by atoms with Crippen molar-refractivity contribution in [1.29, 1.82) is 0 Å². The minimum absolute atomic E-state index is 0.0168. The zero-order valence-electron chi connectivity index (χ0n) is 13.6. The van der Waals surface area contributed by atoms with E-state index in [1.165, 1.54) is 36.7 Å². The fourth-order valence-electron chi connectivity index (χ4n) is 2.69. The monoisotopic (exact) mass is 375 g/mol. The van der Waals surface area contributed by atoms with Gasteiger partial charge < -0.3 is 9.47 Å². The van der Waals surface area contributed by atoms with Crippen molar-refractivity contribution < 1.29 is 26.3 Å². The number of methoxy groups -OCH3 is 2. The maximum atomic E-state index is 13.1. The Balaban J connectivity index is 2.51. The maximum Gasteiger partial charge on any atom is 0.247 e. The number of sulfone groups is 1. The molecule has 0 radical (unpaired) electrons. The summed E-state index contributed by atoms with van der Waals surface area (Å²) < 4.78 is 61.1. The van der Waals surface area contributed by atoms with E-state index in [9.17, 15) is 16.8 Å². The van der Waals surface area contributed by atoms with Crippen LogP contribution >= 0.6 is 0 Å². The van der Waals surface area contributed by atoms with Crippen LogP contribution < -0.4 is 9.47 Å². The Kier molecular flexibility index (Phi) is 5.56. The molecule has 1 saturated heterocycles. The van der Waals surface area contributed by atoms with E-state index in [-0.39, 0.29) is 35.1 Å². The Morgan fingerprint density at radius 1 is 1.33 bits per heavy atom. The molecule has 1 atom stereocenters. The number of hydrogen-bond acceptors (Lipinski definition) is 6. The highest BCUT2D eigenvalue weighted by Crippen LogP contribution is 2.33. The molecular formula is C15H21NO6S2. The highest BCUT2D eigenvalue weighted by Gasteiger charge is 2.39. The highest BCUT2D eigenvalue weighted by atomic mass is 32.2. The van der Waals surface area contributed by atoms with Gasteiger partial charge in [0.2, 0.25) is 10.0 Å². The van der Waals surface area contributed by atoms with Crippen molar-refractivity contribution in [3.05, 3.63) is 30.9 Å². The molecule has 1 heterocycles. The summed E-state index contributed by atoms with van der Waals surface area (Å²) >= 11 is 0. The molecule has 0 aromatic heterocycles. The van der Waals surface area contributed by atoms with Gasteiger partial charge >= 0.3 is 0 Å². The molecule has 7 nitrogen and oxygen atoms in total. The Morgan fingerprint density at radius 2 is 2.04 bits per heavy atom. The second-order valence-electron chi connectivity index (χ2n) is 5.44. The quantitative estimate of drug-likeness (QED) is 0.662.